The van der Waals surface area contributed by atoms with E-state index in [1.54, 1.807) is 0 Å². The van der Waals surface area contributed by atoms with Crippen LogP contribution in [-0.2, 0) is 4.74 Å². The van der Waals surface area contributed by atoms with E-state index in [1.165, 1.54) is 51.6 Å². The molecule has 0 radical (unpaired) electrons. The fourth-order valence-corrected chi connectivity index (χ4v) is 3.69. The molecule has 2 aliphatic rings. The highest BCUT2D eigenvalue weighted by atomic mass is 16.5. The van der Waals surface area contributed by atoms with E-state index in [-0.39, 0.29) is 0 Å². The van der Waals surface area contributed by atoms with Crippen LogP contribution < -0.4 is 5.32 Å². The van der Waals surface area contributed by atoms with Crippen LogP contribution in [0.5, 0.6) is 0 Å². The molecule has 2 unspecified atom stereocenters. The lowest BCUT2D eigenvalue weighted by Crippen LogP contribution is -2.50. The van der Waals surface area contributed by atoms with Gasteiger partial charge < -0.3 is 10.1 Å². The molecule has 19 heavy (non-hydrogen) atoms. The van der Waals surface area contributed by atoms with Gasteiger partial charge >= 0.3 is 0 Å². The maximum Gasteiger partial charge on any atom is 0.0724 e. The SMILES string of the molecule is CCCNC1CCC(N2CCC(C)C(OC)C2)CC1. The zero-order valence-corrected chi connectivity index (χ0v) is 13.0. The summed E-state index contributed by atoms with van der Waals surface area (Å²) in [4.78, 5) is 2.70. The fourth-order valence-electron chi connectivity index (χ4n) is 3.69. The van der Waals surface area contributed by atoms with Gasteiger partial charge in [0, 0.05) is 25.7 Å². The van der Waals surface area contributed by atoms with Crippen molar-refractivity contribution < 1.29 is 4.74 Å². The number of nitrogens with one attached hydrogen (secondary N) is 1. The monoisotopic (exact) mass is 268 g/mol. The van der Waals surface area contributed by atoms with Crippen LogP contribution in [0.1, 0.15) is 52.4 Å². The number of methoxy groups -OCH3 is 1. The molecule has 1 aliphatic heterocycles. The van der Waals surface area contributed by atoms with Crippen molar-refractivity contribution in [1.29, 1.82) is 0 Å². The predicted octanol–water partition coefficient (Wildman–Crippen LogP) is 2.65. The number of ether oxygens (including phenoxy) is 1. The van der Waals surface area contributed by atoms with Crippen molar-refractivity contribution in [2.75, 3.05) is 26.7 Å². The highest BCUT2D eigenvalue weighted by Crippen LogP contribution is 2.28. The molecule has 1 N–H and O–H groups in total. The smallest absolute Gasteiger partial charge is 0.0724 e. The molecule has 3 heteroatoms. The molecule has 0 amide bonds. The molecule has 0 bridgehead atoms. The van der Waals surface area contributed by atoms with Gasteiger partial charge in [0.2, 0.25) is 0 Å². The Kier molecular flexibility index (Phi) is 6.11. The first-order valence-electron chi connectivity index (χ1n) is 8.24. The molecule has 0 aromatic rings. The normalized spacial score (nSPS) is 37.4. The zero-order chi connectivity index (χ0) is 13.7. The lowest BCUT2D eigenvalue weighted by atomic mass is 9.87. The van der Waals surface area contributed by atoms with Crippen molar-refractivity contribution >= 4 is 0 Å². The molecule has 1 aliphatic carbocycles. The summed E-state index contributed by atoms with van der Waals surface area (Å²) in [5.74, 6) is 0.726. The van der Waals surface area contributed by atoms with E-state index in [9.17, 15) is 0 Å². The van der Waals surface area contributed by atoms with Gasteiger partial charge in [0.05, 0.1) is 6.10 Å². The standard InChI is InChI=1S/C16H32N2O/c1-4-10-17-14-5-7-15(8-6-14)18-11-9-13(2)16(12-18)19-3/h13-17H,4-12H2,1-3H3. The Morgan fingerprint density at radius 3 is 2.53 bits per heavy atom. The largest absolute Gasteiger partial charge is 0.380 e. The average Bonchev–Trinajstić information content (AvgIpc) is 2.46. The molecule has 2 rings (SSSR count). The van der Waals surface area contributed by atoms with E-state index in [0.717, 1.165) is 24.5 Å². The Morgan fingerprint density at radius 1 is 1.16 bits per heavy atom. The molecule has 112 valence electrons. The van der Waals surface area contributed by atoms with E-state index >= 15 is 0 Å². The van der Waals surface area contributed by atoms with E-state index in [4.69, 9.17) is 4.74 Å². The van der Waals surface area contributed by atoms with Crippen LogP contribution in [0.3, 0.4) is 0 Å². The lowest BCUT2D eigenvalue weighted by Gasteiger charge is -2.43. The maximum absolute atomic E-state index is 5.64. The van der Waals surface area contributed by atoms with Crippen molar-refractivity contribution in [3.05, 3.63) is 0 Å². The first-order valence-corrected chi connectivity index (χ1v) is 8.24. The average molecular weight is 268 g/mol. The highest BCUT2D eigenvalue weighted by Gasteiger charge is 2.32. The van der Waals surface area contributed by atoms with Gasteiger partial charge in [-0.2, -0.15) is 0 Å². The first-order chi connectivity index (χ1) is 9.24. The van der Waals surface area contributed by atoms with Gasteiger partial charge in [0.15, 0.2) is 0 Å². The molecule has 1 heterocycles. The fraction of sp³-hybridized carbons (Fsp3) is 1.00. The number of nitrogens with zero attached hydrogens (tertiary/aromatic N) is 1. The minimum absolute atomic E-state index is 0.449. The van der Waals surface area contributed by atoms with Crippen LogP contribution in [0.25, 0.3) is 0 Å². The topological polar surface area (TPSA) is 24.5 Å². The summed E-state index contributed by atoms with van der Waals surface area (Å²) < 4.78 is 5.64. The molecular formula is C16H32N2O. The van der Waals surface area contributed by atoms with E-state index in [1.807, 2.05) is 7.11 Å². The number of hydrogen-bond donors (Lipinski definition) is 1. The Balaban J connectivity index is 1.75. The van der Waals surface area contributed by atoms with Crippen LogP contribution in [-0.4, -0.2) is 49.8 Å². The minimum atomic E-state index is 0.449. The van der Waals surface area contributed by atoms with Gasteiger partial charge in [-0.1, -0.05) is 13.8 Å². The summed E-state index contributed by atoms with van der Waals surface area (Å²) in [6.07, 6.45) is 8.44. The third kappa shape index (κ3) is 4.17. The predicted molar refractivity (Wildman–Crippen MR) is 80.5 cm³/mol. The van der Waals surface area contributed by atoms with Crippen LogP contribution in [0.2, 0.25) is 0 Å². The summed E-state index contributed by atoms with van der Waals surface area (Å²) in [5, 5.41) is 3.68. The second kappa shape index (κ2) is 7.61. The van der Waals surface area contributed by atoms with Crippen molar-refractivity contribution in [2.24, 2.45) is 5.92 Å². The number of hydrogen-bond acceptors (Lipinski definition) is 3. The maximum atomic E-state index is 5.64. The zero-order valence-electron chi connectivity index (χ0n) is 13.0. The van der Waals surface area contributed by atoms with Crippen LogP contribution in [0.4, 0.5) is 0 Å². The molecule has 2 fully saturated rings. The van der Waals surface area contributed by atoms with Gasteiger partial charge in [-0.15, -0.1) is 0 Å². The van der Waals surface area contributed by atoms with Gasteiger partial charge in [0.25, 0.3) is 0 Å². The highest BCUT2D eigenvalue weighted by molar-refractivity contribution is 4.87. The Labute approximate surface area is 119 Å². The number of rotatable bonds is 5. The van der Waals surface area contributed by atoms with Crippen LogP contribution in [0, 0.1) is 5.92 Å². The van der Waals surface area contributed by atoms with Gasteiger partial charge in [-0.3, -0.25) is 4.90 Å². The summed E-state index contributed by atoms with van der Waals surface area (Å²) in [5.41, 5.74) is 0. The van der Waals surface area contributed by atoms with Crippen LogP contribution in [0.15, 0.2) is 0 Å². The third-order valence-corrected chi connectivity index (χ3v) is 5.12. The molecule has 0 aromatic heterocycles. The van der Waals surface area contributed by atoms with Crippen molar-refractivity contribution in [1.82, 2.24) is 10.2 Å². The summed E-state index contributed by atoms with van der Waals surface area (Å²) >= 11 is 0. The van der Waals surface area contributed by atoms with Crippen molar-refractivity contribution in [3.8, 4) is 0 Å². The molecular weight excluding hydrogens is 236 g/mol. The summed E-state index contributed by atoms with van der Waals surface area (Å²) in [6, 6.07) is 1.59. The van der Waals surface area contributed by atoms with Gasteiger partial charge in [0.1, 0.15) is 0 Å². The third-order valence-electron chi connectivity index (χ3n) is 5.12. The van der Waals surface area contributed by atoms with Gasteiger partial charge in [-0.25, -0.2) is 0 Å². The Hall–Kier alpha value is -0.120. The Morgan fingerprint density at radius 2 is 1.89 bits per heavy atom. The molecule has 0 spiro atoms. The Bertz CT molecular complexity index is 251. The van der Waals surface area contributed by atoms with Crippen LogP contribution >= 0.6 is 0 Å². The summed E-state index contributed by atoms with van der Waals surface area (Å²) in [7, 11) is 1.87. The lowest BCUT2D eigenvalue weighted by molar-refractivity contribution is -0.0252. The first kappa shape index (κ1) is 15.3. The van der Waals surface area contributed by atoms with E-state index in [2.05, 4.69) is 24.1 Å². The summed E-state index contributed by atoms with van der Waals surface area (Å²) in [6.45, 7) is 8.19. The van der Waals surface area contributed by atoms with E-state index in [0.29, 0.717) is 6.10 Å². The second-order valence-corrected chi connectivity index (χ2v) is 6.49. The molecule has 3 nitrogen and oxygen atoms in total. The van der Waals surface area contributed by atoms with E-state index < -0.39 is 0 Å². The minimum Gasteiger partial charge on any atom is -0.380 e. The molecule has 1 saturated heterocycles. The molecule has 0 aromatic carbocycles. The van der Waals surface area contributed by atoms with Crippen molar-refractivity contribution in [3.63, 3.8) is 0 Å². The number of piperidine rings is 1. The quantitative estimate of drug-likeness (QED) is 0.829. The molecule has 2 atom stereocenters. The van der Waals surface area contributed by atoms with Crippen molar-refractivity contribution in [2.45, 2.75) is 70.6 Å². The second-order valence-electron chi connectivity index (χ2n) is 6.49. The van der Waals surface area contributed by atoms with Gasteiger partial charge in [-0.05, 0) is 57.5 Å². The molecule has 1 saturated carbocycles. The number of likely N-dealkylation sites (tertiary alicyclic amines) is 1.